The standard InChI is InChI=1S/C18H32O4/c1-12(2)6-5-7-16(13(3)4)22-18(21)15-10-8-14(9-11-15)17(19)20/h12-16H,5-11H2,1-4H3,(H,19,20). The van der Waals surface area contributed by atoms with Gasteiger partial charge in [0.25, 0.3) is 0 Å². The number of hydrogen-bond donors (Lipinski definition) is 1. The van der Waals surface area contributed by atoms with Crippen LogP contribution in [-0.2, 0) is 14.3 Å². The van der Waals surface area contributed by atoms with E-state index in [1.165, 1.54) is 0 Å². The topological polar surface area (TPSA) is 63.6 Å². The minimum Gasteiger partial charge on any atom is -0.481 e. The summed E-state index contributed by atoms with van der Waals surface area (Å²) in [6, 6.07) is 0. The van der Waals surface area contributed by atoms with E-state index >= 15 is 0 Å². The number of esters is 1. The smallest absolute Gasteiger partial charge is 0.309 e. The second-order valence-corrected chi connectivity index (χ2v) is 7.43. The molecule has 0 aromatic carbocycles. The number of rotatable bonds is 8. The molecule has 0 heterocycles. The Labute approximate surface area is 134 Å². The van der Waals surface area contributed by atoms with Gasteiger partial charge in [-0.1, -0.05) is 34.1 Å². The molecule has 0 spiro atoms. The first-order valence-corrected chi connectivity index (χ1v) is 8.74. The first kappa shape index (κ1) is 19.0. The third-order valence-electron chi connectivity index (χ3n) is 4.69. The van der Waals surface area contributed by atoms with Gasteiger partial charge < -0.3 is 9.84 Å². The largest absolute Gasteiger partial charge is 0.481 e. The maximum Gasteiger partial charge on any atom is 0.309 e. The minimum absolute atomic E-state index is 0.0107. The van der Waals surface area contributed by atoms with Gasteiger partial charge in [0.15, 0.2) is 0 Å². The Bertz CT molecular complexity index is 354. The van der Waals surface area contributed by atoms with Crippen LogP contribution in [0, 0.1) is 23.7 Å². The van der Waals surface area contributed by atoms with Crippen molar-refractivity contribution in [1.82, 2.24) is 0 Å². The van der Waals surface area contributed by atoms with Gasteiger partial charge in [0.2, 0.25) is 0 Å². The average Bonchev–Trinajstić information content (AvgIpc) is 2.45. The molecule has 1 aliphatic rings. The van der Waals surface area contributed by atoms with Crippen molar-refractivity contribution in [3.05, 3.63) is 0 Å². The minimum atomic E-state index is -0.736. The molecule has 0 bridgehead atoms. The highest BCUT2D eigenvalue weighted by molar-refractivity contribution is 5.74. The fraction of sp³-hybridized carbons (Fsp3) is 0.889. The molecular weight excluding hydrogens is 280 g/mol. The summed E-state index contributed by atoms with van der Waals surface area (Å²) in [5.41, 5.74) is 0. The SMILES string of the molecule is CC(C)CCCC(OC(=O)C1CCC(C(=O)O)CC1)C(C)C. The Hall–Kier alpha value is -1.06. The van der Waals surface area contributed by atoms with Gasteiger partial charge >= 0.3 is 11.9 Å². The summed E-state index contributed by atoms with van der Waals surface area (Å²) in [6.45, 7) is 8.60. The Morgan fingerprint density at radius 3 is 2.00 bits per heavy atom. The molecule has 1 unspecified atom stereocenters. The summed E-state index contributed by atoms with van der Waals surface area (Å²) < 4.78 is 5.74. The Balaban J connectivity index is 2.42. The van der Waals surface area contributed by atoms with Crippen molar-refractivity contribution >= 4 is 11.9 Å². The van der Waals surface area contributed by atoms with Crippen molar-refractivity contribution in [3.8, 4) is 0 Å². The number of carbonyl (C=O) groups excluding carboxylic acids is 1. The first-order valence-electron chi connectivity index (χ1n) is 8.74. The van der Waals surface area contributed by atoms with E-state index in [-0.39, 0.29) is 23.9 Å². The highest BCUT2D eigenvalue weighted by Crippen LogP contribution is 2.30. The molecule has 22 heavy (non-hydrogen) atoms. The van der Waals surface area contributed by atoms with E-state index in [1.54, 1.807) is 0 Å². The fourth-order valence-corrected chi connectivity index (χ4v) is 3.08. The van der Waals surface area contributed by atoms with Gasteiger partial charge in [-0.05, 0) is 50.4 Å². The summed E-state index contributed by atoms with van der Waals surface area (Å²) in [7, 11) is 0. The molecule has 0 amide bonds. The normalized spacial score (nSPS) is 23.5. The van der Waals surface area contributed by atoms with Crippen LogP contribution < -0.4 is 0 Å². The van der Waals surface area contributed by atoms with Crippen molar-refractivity contribution in [2.24, 2.45) is 23.7 Å². The lowest BCUT2D eigenvalue weighted by atomic mass is 9.82. The molecule has 0 aromatic rings. The number of carboxylic acid groups (broad SMARTS) is 1. The number of carbonyl (C=O) groups is 2. The van der Waals surface area contributed by atoms with Crippen LogP contribution in [0.4, 0.5) is 0 Å². The molecule has 128 valence electrons. The molecule has 0 radical (unpaired) electrons. The van der Waals surface area contributed by atoms with Crippen molar-refractivity contribution in [1.29, 1.82) is 0 Å². The molecule has 4 heteroatoms. The molecule has 1 rings (SSSR count). The summed E-state index contributed by atoms with van der Waals surface area (Å²) in [5, 5.41) is 9.01. The highest BCUT2D eigenvalue weighted by Gasteiger charge is 2.32. The predicted octanol–water partition coefficient (Wildman–Crippen LogP) is 4.27. The second-order valence-electron chi connectivity index (χ2n) is 7.43. The molecule has 0 aromatic heterocycles. The molecule has 1 saturated carbocycles. The van der Waals surface area contributed by atoms with Gasteiger partial charge in [0.05, 0.1) is 11.8 Å². The summed E-state index contributed by atoms with van der Waals surface area (Å²) in [6.07, 6.45) is 5.63. The van der Waals surface area contributed by atoms with E-state index in [9.17, 15) is 9.59 Å². The highest BCUT2D eigenvalue weighted by atomic mass is 16.5. The molecule has 0 saturated heterocycles. The Kier molecular flexibility index (Phi) is 7.91. The van der Waals surface area contributed by atoms with Gasteiger partial charge in [-0.2, -0.15) is 0 Å². The van der Waals surface area contributed by atoms with Crippen LogP contribution in [0.1, 0.15) is 72.6 Å². The molecule has 1 fully saturated rings. The third kappa shape index (κ3) is 6.37. The summed E-state index contributed by atoms with van der Waals surface area (Å²) in [4.78, 5) is 23.3. The van der Waals surface area contributed by atoms with Crippen LogP contribution in [0.5, 0.6) is 0 Å². The van der Waals surface area contributed by atoms with Gasteiger partial charge in [-0.3, -0.25) is 9.59 Å². The molecule has 4 nitrogen and oxygen atoms in total. The summed E-state index contributed by atoms with van der Waals surface area (Å²) in [5.74, 6) is -0.244. The zero-order valence-corrected chi connectivity index (χ0v) is 14.5. The van der Waals surface area contributed by atoms with Crippen LogP contribution >= 0.6 is 0 Å². The van der Waals surface area contributed by atoms with E-state index in [0.29, 0.717) is 37.5 Å². The van der Waals surface area contributed by atoms with E-state index in [4.69, 9.17) is 9.84 Å². The van der Waals surface area contributed by atoms with E-state index < -0.39 is 5.97 Å². The van der Waals surface area contributed by atoms with Crippen molar-refractivity contribution in [2.75, 3.05) is 0 Å². The molecule has 1 N–H and O–H groups in total. The van der Waals surface area contributed by atoms with E-state index in [2.05, 4.69) is 27.7 Å². The zero-order valence-electron chi connectivity index (χ0n) is 14.5. The quantitative estimate of drug-likeness (QED) is 0.680. The maximum absolute atomic E-state index is 12.3. The third-order valence-corrected chi connectivity index (χ3v) is 4.69. The van der Waals surface area contributed by atoms with E-state index in [0.717, 1.165) is 19.3 Å². The van der Waals surface area contributed by atoms with Crippen LogP contribution in [0.2, 0.25) is 0 Å². The van der Waals surface area contributed by atoms with Crippen molar-refractivity contribution < 1.29 is 19.4 Å². The molecular formula is C18H32O4. The van der Waals surface area contributed by atoms with Gasteiger partial charge in [0.1, 0.15) is 6.10 Å². The van der Waals surface area contributed by atoms with Gasteiger partial charge in [-0.25, -0.2) is 0 Å². The van der Waals surface area contributed by atoms with Crippen LogP contribution in [0.15, 0.2) is 0 Å². The van der Waals surface area contributed by atoms with Crippen molar-refractivity contribution in [2.45, 2.75) is 78.7 Å². The Morgan fingerprint density at radius 1 is 1.00 bits per heavy atom. The average molecular weight is 312 g/mol. The second kappa shape index (κ2) is 9.16. The maximum atomic E-state index is 12.3. The lowest BCUT2D eigenvalue weighted by Gasteiger charge is -2.28. The number of carboxylic acids is 1. The molecule has 1 aliphatic carbocycles. The van der Waals surface area contributed by atoms with Crippen LogP contribution in [0.25, 0.3) is 0 Å². The number of hydrogen-bond acceptors (Lipinski definition) is 3. The lowest BCUT2D eigenvalue weighted by molar-refractivity contribution is -0.159. The fourth-order valence-electron chi connectivity index (χ4n) is 3.08. The zero-order chi connectivity index (χ0) is 16.7. The summed E-state index contributed by atoms with van der Waals surface area (Å²) >= 11 is 0. The van der Waals surface area contributed by atoms with Gasteiger partial charge in [-0.15, -0.1) is 0 Å². The predicted molar refractivity (Wildman–Crippen MR) is 86.5 cm³/mol. The first-order chi connectivity index (χ1) is 10.3. The van der Waals surface area contributed by atoms with Crippen LogP contribution in [0.3, 0.4) is 0 Å². The van der Waals surface area contributed by atoms with Crippen molar-refractivity contribution in [3.63, 3.8) is 0 Å². The van der Waals surface area contributed by atoms with Gasteiger partial charge in [0, 0.05) is 0 Å². The Morgan fingerprint density at radius 2 is 1.55 bits per heavy atom. The number of ether oxygens (including phenoxy) is 1. The molecule has 1 atom stereocenters. The monoisotopic (exact) mass is 312 g/mol. The lowest BCUT2D eigenvalue weighted by Crippen LogP contribution is -2.31. The molecule has 0 aliphatic heterocycles. The number of aliphatic carboxylic acids is 1. The van der Waals surface area contributed by atoms with Crippen LogP contribution in [-0.4, -0.2) is 23.1 Å². The van der Waals surface area contributed by atoms with E-state index in [1.807, 2.05) is 0 Å².